The molecule has 29 heavy (non-hydrogen) atoms. The molecule has 1 aliphatic rings. The van der Waals surface area contributed by atoms with Gasteiger partial charge in [0.2, 0.25) is 0 Å². The number of rotatable bonds is 5. The second-order valence-corrected chi connectivity index (χ2v) is 8.63. The zero-order chi connectivity index (χ0) is 21.0. The summed E-state index contributed by atoms with van der Waals surface area (Å²) in [6.45, 7) is 14.5. The minimum atomic E-state index is 0.122. The molecule has 0 atom stereocenters. The molecule has 0 aliphatic carbocycles. The highest BCUT2D eigenvalue weighted by Gasteiger charge is 2.24. The van der Waals surface area contributed by atoms with Gasteiger partial charge in [0.25, 0.3) is 0 Å². The summed E-state index contributed by atoms with van der Waals surface area (Å²) < 4.78 is 0. The minimum Gasteiger partial charge on any atom is -0.405 e. The lowest BCUT2D eigenvalue weighted by atomic mass is 9.86. The normalized spacial score (nSPS) is 16.6. The van der Waals surface area contributed by atoms with Gasteiger partial charge < -0.3 is 15.5 Å². The van der Waals surface area contributed by atoms with E-state index < -0.39 is 0 Å². The molecule has 2 heterocycles. The summed E-state index contributed by atoms with van der Waals surface area (Å²) >= 11 is 0. The summed E-state index contributed by atoms with van der Waals surface area (Å²) in [7, 11) is 2.16. The highest BCUT2D eigenvalue weighted by atomic mass is 15.3. The van der Waals surface area contributed by atoms with E-state index in [2.05, 4.69) is 73.6 Å². The fraction of sp³-hybridized carbons (Fsp3) is 0.375. The molecule has 1 aliphatic heterocycles. The number of nitrogens with two attached hydrogens (primary N) is 1. The number of nitrogens with one attached hydrogen (secondary N) is 1. The minimum absolute atomic E-state index is 0.122. The van der Waals surface area contributed by atoms with E-state index in [1.165, 1.54) is 5.56 Å². The average molecular weight is 392 g/mol. The molecule has 0 unspecified atom stereocenters. The maximum Gasteiger partial charge on any atom is 0.159 e. The number of allylic oxidation sites excluding steroid dienone is 4. The number of likely N-dealkylation sites (N-methyl/N-ethyl adjacent to an activating group) is 1. The molecule has 3 rings (SSSR count). The molecular weight excluding hydrogens is 358 g/mol. The summed E-state index contributed by atoms with van der Waals surface area (Å²) in [4.78, 5) is 4.69. The van der Waals surface area contributed by atoms with Crippen LogP contribution in [0.15, 0.2) is 55.3 Å². The van der Waals surface area contributed by atoms with Gasteiger partial charge in [0.1, 0.15) is 0 Å². The van der Waals surface area contributed by atoms with Crippen molar-refractivity contribution >= 4 is 11.4 Å². The maximum absolute atomic E-state index is 5.76. The van der Waals surface area contributed by atoms with Crippen LogP contribution in [0, 0.1) is 0 Å². The van der Waals surface area contributed by atoms with Gasteiger partial charge in [-0.1, -0.05) is 63.8 Å². The lowest BCUT2D eigenvalue weighted by molar-refractivity contribution is 0.312. The SMILES string of the molecule is C=C/C=C(\C=C/N)c1c(N2CCN(C)CC2)n[nH]c1-c1ccc(C(C)(C)C)cc1. The van der Waals surface area contributed by atoms with Crippen LogP contribution in [-0.2, 0) is 5.41 Å². The summed E-state index contributed by atoms with van der Waals surface area (Å²) in [5.74, 6) is 0.971. The Balaban J connectivity index is 2.09. The van der Waals surface area contributed by atoms with Crippen molar-refractivity contribution in [3.63, 3.8) is 0 Å². The van der Waals surface area contributed by atoms with Crippen LogP contribution >= 0.6 is 0 Å². The molecule has 5 nitrogen and oxygen atoms in total. The Morgan fingerprint density at radius 1 is 1.14 bits per heavy atom. The Morgan fingerprint density at radius 3 is 2.34 bits per heavy atom. The van der Waals surface area contributed by atoms with Crippen LogP contribution in [0.1, 0.15) is 31.9 Å². The number of hydrogen-bond acceptors (Lipinski definition) is 4. The molecule has 1 fully saturated rings. The lowest BCUT2D eigenvalue weighted by Crippen LogP contribution is -2.45. The number of aromatic amines is 1. The van der Waals surface area contributed by atoms with Gasteiger partial charge in [0, 0.05) is 31.7 Å². The third-order valence-corrected chi connectivity index (χ3v) is 5.45. The van der Waals surface area contributed by atoms with Gasteiger partial charge in [-0.15, -0.1) is 0 Å². The van der Waals surface area contributed by atoms with E-state index in [9.17, 15) is 0 Å². The van der Waals surface area contributed by atoms with Gasteiger partial charge in [-0.05, 0) is 35.9 Å². The van der Waals surface area contributed by atoms with Crippen LogP contribution in [0.4, 0.5) is 5.82 Å². The summed E-state index contributed by atoms with van der Waals surface area (Å²) in [6, 6.07) is 8.74. The molecule has 0 saturated carbocycles. The second-order valence-electron chi connectivity index (χ2n) is 8.63. The molecule has 1 aromatic carbocycles. The van der Waals surface area contributed by atoms with Crippen molar-refractivity contribution in [3.8, 4) is 11.3 Å². The van der Waals surface area contributed by atoms with Crippen LogP contribution < -0.4 is 10.6 Å². The standard InChI is InChI=1S/C24H33N5/c1-6-7-18(12-13-25)21-22(19-8-10-20(11-9-19)24(2,3)4)26-27-23(21)29-16-14-28(5)15-17-29/h6-13H,1,14-17,25H2,2-5H3,(H,26,27)/b13-12-,18-7+. The Morgan fingerprint density at radius 2 is 1.79 bits per heavy atom. The molecule has 5 heteroatoms. The largest absolute Gasteiger partial charge is 0.405 e. The van der Waals surface area contributed by atoms with E-state index in [1.54, 1.807) is 12.3 Å². The third kappa shape index (κ3) is 4.62. The molecule has 2 aromatic rings. The van der Waals surface area contributed by atoms with Crippen molar-refractivity contribution in [2.75, 3.05) is 38.1 Å². The van der Waals surface area contributed by atoms with Gasteiger partial charge in [0.15, 0.2) is 5.82 Å². The molecule has 1 aromatic heterocycles. The molecular formula is C24H33N5. The number of benzene rings is 1. The zero-order valence-corrected chi connectivity index (χ0v) is 18.1. The Hall–Kier alpha value is -2.79. The smallest absolute Gasteiger partial charge is 0.159 e. The van der Waals surface area contributed by atoms with Gasteiger partial charge >= 0.3 is 0 Å². The van der Waals surface area contributed by atoms with Crippen LogP contribution in [0.3, 0.4) is 0 Å². The zero-order valence-electron chi connectivity index (χ0n) is 18.1. The first-order valence-electron chi connectivity index (χ1n) is 10.2. The van der Waals surface area contributed by atoms with Crippen LogP contribution in [-0.4, -0.2) is 48.3 Å². The van der Waals surface area contributed by atoms with Crippen molar-refractivity contribution < 1.29 is 0 Å². The lowest BCUT2D eigenvalue weighted by Gasteiger charge is -2.33. The monoisotopic (exact) mass is 391 g/mol. The molecule has 1 saturated heterocycles. The summed E-state index contributed by atoms with van der Waals surface area (Å²) in [5.41, 5.74) is 11.4. The Bertz CT molecular complexity index is 888. The van der Waals surface area contributed by atoms with Gasteiger partial charge in [-0.2, -0.15) is 5.10 Å². The number of aromatic nitrogens is 2. The molecule has 0 bridgehead atoms. The van der Waals surface area contributed by atoms with E-state index in [4.69, 9.17) is 10.8 Å². The maximum atomic E-state index is 5.76. The average Bonchev–Trinajstić information content (AvgIpc) is 3.13. The third-order valence-electron chi connectivity index (χ3n) is 5.45. The van der Waals surface area contributed by atoms with Gasteiger partial charge in [-0.3, -0.25) is 5.10 Å². The Labute approximate surface area is 174 Å². The number of H-pyrrole nitrogens is 1. The van der Waals surface area contributed by atoms with Crippen molar-refractivity contribution in [3.05, 3.63) is 66.4 Å². The van der Waals surface area contributed by atoms with Gasteiger partial charge in [0.05, 0.1) is 11.3 Å². The highest BCUT2D eigenvalue weighted by molar-refractivity contribution is 5.90. The van der Waals surface area contributed by atoms with Crippen molar-refractivity contribution in [1.29, 1.82) is 0 Å². The number of hydrogen-bond donors (Lipinski definition) is 2. The van der Waals surface area contributed by atoms with E-state index in [1.807, 2.05) is 12.2 Å². The van der Waals surface area contributed by atoms with Crippen LogP contribution in [0.5, 0.6) is 0 Å². The highest BCUT2D eigenvalue weighted by Crippen LogP contribution is 2.36. The van der Waals surface area contributed by atoms with E-state index in [-0.39, 0.29) is 5.41 Å². The molecule has 0 spiro atoms. The van der Waals surface area contributed by atoms with E-state index in [0.29, 0.717) is 0 Å². The molecule has 3 N–H and O–H groups in total. The van der Waals surface area contributed by atoms with Crippen molar-refractivity contribution in [2.24, 2.45) is 5.73 Å². The topological polar surface area (TPSA) is 61.2 Å². The summed E-state index contributed by atoms with van der Waals surface area (Å²) in [5, 5.41) is 8.03. The predicted octanol–water partition coefficient (Wildman–Crippen LogP) is 4.17. The number of anilines is 1. The van der Waals surface area contributed by atoms with Crippen LogP contribution in [0.25, 0.3) is 16.8 Å². The first kappa shape index (κ1) is 20.9. The number of nitrogens with zero attached hydrogens (tertiary/aromatic N) is 3. The van der Waals surface area contributed by atoms with E-state index in [0.717, 1.165) is 54.4 Å². The number of piperazine rings is 1. The quantitative estimate of drug-likeness (QED) is 0.751. The Kier molecular flexibility index (Phi) is 6.28. The molecule has 0 radical (unpaired) electrons. The fourth-order valence-electron chi connectivity index (χ4n) is 3.65. The molecule has 0 amide bonds. The van der Waals surface area contributed by atoms with Crippen molar-refractivity contribution in [2.45, 2.75) is 26.2 Å². The molecule has 154 valence electrons. The van der Waals surface area contributed by atoms with Crippen molar-refractivity contribution in [1.82, 2.24) is 15.1 Å². The van der Waals surface area contributed by atoms with Gasteiger partial charge in [-0.25, -0.2) is 0 Å². The van der Waals surface area contributed by atoms with E-state index >= 15 is 0 Å². The first-order chi connectivity index (χ1) is 13.8. The summed E-state index contributed by atoms with van der Waals surface area (Å²) in [6.07, 6.45) is 7.27. The second kappa shape index (κ2) is 8.70. The van der Waals surface area contributed by atoms with Crippen LogP contribution in [0.2, 0.25) is 0 Å². The predicted molar refractivity (Wildman–Crippen MR) is 124 cm³/mol. The first-order valence-corrected chi connectivity index (χ1v) is 10.2. The fourth-order valence-corrected chi connectivity index (χ4v) is 3.65.